The van der Waals surface area contributed by atoms with Crippen molar-refractivity contribution in [2.45, 2.75) is 6.54 Å². The molecule has 0 spiro atoms. The number of rotatable bonds is 6. The van der Waals surface area contributed by atoms with Crippen LogP contribution in [-0.2, 0) is 6.54 Å². The second-order valence-corrected chi connectivity index (χ2v) is 5.03. The fraction of sp³-hybridized carbons (Fsp3) is 0.0588. The number of pyridine rings is 1. The second-order valence-electron chi connectivity index (χ2n) is 5.03. The minimum atomic E-state index is -0.591. The maximum absolute atomic E-state index is 11.6. The number of anilines is 3. The monoisotopic (exact) mass is 320 g/mol. The van der Waals surface area contributed by atoms with Crippen LogP contribution in [0, 0.1) is 0 Å². The first-order valence-electron chi connectivity index (χ1n) is 7.34. The number of hydrogen-bond donors (Lipinski definition) is 3. The Labute approximate surface area is 139 Å². The molecule has 0 radical (unpaired) electrons. The number of aromatic nitrogens is 3. The molecule has 0 saturated heterocycles. The van der Waals surface area contributed by atoms with Crippen LogP contribution in [0.4, 0.5) is 17.5 Å². The molecule has 0 aliphatic carbocycles. The number of benzene rings is 1. The van der Waals surface area contributed by atoms with Gasteiger partial charge in [-0.3, -0.25) is 9.78 Å². The number of carbonyl (C=O) groups excluding carboxylic acids is 1. The van der Waals surface area contributed by atoms with Crippen LogP contribution in [-0.4, -0.2) is 20.9 Å². The first kappa shape index (κ1) is 15.4. The van der Waals surface area contributed by atoms with Gasteiger partial charge in [-0.05, 0) is 23.8 Å². The number of primary amides is 1. The van der Waals surface area contributed by atoms with Crippen molar-refractivity contribution >= 4 is 23.4 Å². The third-order valence-electron chi connectivity index (χ3n) is 3.26. The molecule has 0 bridgehead atoms. The number of para-hydroxylation sites is 1. The number of nitrogens with zero attached hydrogens (tertiary/aromatic N) is 3. The molecule has 3 aromatic rings. The van der Waals surface area contributed by atoms with E-state index in [1.807, 2.05) is 42.5 Å². The van der Waals surface area contributed by atoms with Crippen molar-refractivity contribution in [1.82, 2.24) is 15.0 Å². The van der Waals surface area contributed by atoms with Gasteiger partial charge in [0.05, 0.1) is 0 Å². The Bertz CT molecular complexity index is 823. The van der Waals surface area contributed by atoms with Crippen LogP contribution in [0.25, 0.3) is 0 Å². The highest BCUT2D eigenvalue weighted by molar-refractivity contribution is 5.98. The number of amides is 1. The van der Waals surface area contributed by atoms with Crippen molar-refractivity contribution in [3.63, 3.8) is 0 Å². The van der Waals surface area contributed by atoms with Gasteiger partial charge in [-0.25, -0.2) is 4.98 Å². The largest absolute Gasteiger partial charge is 0.365 e. The van der Waals surface area contributed by atoms with Crippen molar-refractivity contribution in [3.05, 3.63) is 72.2 Å². The highest BCUT2D eigenvalue weighted by Crippen LogP contribution is 2.19. The van der Waals surface area contributed by atoms with Crippen LogP contribution in [0.5, 0.6) is 0 Å². The van der Waals surface area contributed by atoms with Gasteiger partial charge in [-0.1, -0.05) is 24.3 Å². The molecule has 2 aromatic heterocycles. The van der Waals surface area contributed by atoms with Gasteiger partial charge < -0.3 is 16.4 Å². The van der Waals surface area contributed by atoms with Crippen molar-refractivity contribution in [3.8, 4) is 0 Å². The van der Waals surface area contributed by atoms with Crippen LogP contribution in [0.3, 0.4) is 0 Å². The van der Waals surface area contributed by atoms with Crippen LogP contribution >= 0.6 is 0 Å². The lowest BCUT2D eigenvalue weighted by atomic mass is 10.2. The van der Waals surface area contributed by atoms with Crippen molar-refractivity contribution < 1.29 is 4.79 Å². The Hall–Kier alpha value is -3.48. The molecule has 4 N–H and O–H groups in total. The average Bonchev–Trinajstić information content (AvgIpc) is 2.62. The van der Waals surface area contributed by atoms with E-state index in [-0.39, 0.29) is 5.56 Å². The Morgan fingerprint density at radius 2 is 1.92 bits per heavy atom. The molecule has 2 heterocycles. The van der Waals surface area contributed by atoms with Gasteiger partial charge in [0.15, 0.2) is 0 Å². The highest BCUT2D eigenvalue weighted by Gasteiger charge is 2.12. The molecule has 120 valence electrons. The van der Waals surface area contributed by atoms with Gasteiger partial charge in [0.25, 0.3) is 5.91 Å². The summed E-state index contributed by atoms with van der Waals surface area (Å²) in [5.41, 5.74) is 7.42. The SMILES string of the molecule is NC(=O)c1cnc(NCc2cccnc2)nc1Nc1ccccc1. The molecular formula is C17H16N6O. The predicted octanol–water partition coefficient (Wildman–Crippen LogP) is 2.33. The fourth-order valence-corrected chi connectivity index (χ4v) is 2.08. The van der Waals surface area contributed by atoms with E-state index < -0.39 is 5.91 Å². The third-order valence-corrected chi connectivity index (χ3v) is 3.26. The molecular weight excluding hydrogens is 304 g/mol. The Kier molecular flexibility index (Phi) is 4.62. The van der Waals surface area contributed by atoms with E-state index in [1.54, 1.807) is 12.4 Å². The maximum Gasteiger partial charge on any atom is 0.254 e. The summed E-state index contributed by atoms with van der Waals surface area (Å²) in [4.78, 5) is 24.1. The second kappa shape index (κ2) is 7.19. The summed E-state index contributed by atoms with van der Waals surface area (Å²) >= 11 is 0. The zero-order valence-electron chi connectivity index (χ0n) is 12.8. The molecule has 1 aromatic carbocycles. The van der Waals surface area contributed by atoms with Gasteiger partial charge in [0.2, 0.25) is 5.95 Å². The summed E-state index contributed by atoms with van der Waals surface area (Å²) in [6, 6.07) is 13.2. The molecule has 0 fully saturated rings. The molecule has 1 amide bonds. The van der Waals surface area contributed by atoms with Crippen molar-refractivity contribution in [2.24, 2.45) is 5.73 Å². The van der Waals surface area contributed by atoms with Crippen LogP contribution in [0.15, 0.2) is 61.1 Å². The van der Waals surface area contributed by atoms with Gasteiger partial charge in [-0.15, -0.1) is 0 Å². The smallest absolute Gasteiger partial charge is 0.254 e. The average molecular weight is 320 g/mol. The molecule has 0 unspecified atom stereocenters. The minimum absolute atomic E-state index is 0.228. The number of hydrogen-bond acceptors (Lipinski definition) is 6. The lowest BCUT2D eigenvalue weighted by Crippen LogP contribution is -2.16. The van der Waals surface area contributed by atoms with Gasteiger partial charge in [0, 0.05) is 30.8 Å². The van der Waals surface area contributed by atoms with Crippen molar-refractivity contribution in [2.75, 3.05) is 10.6 Å². The normalized spacial score (nSPS) is 10.2. The van der Waals surface area contributed by atoms with Crippen LogP contribution < -0.4 is 16.4 Å². The topological polar surface area (TPSA) is 106 Å². The molecule has 0 aliphatic rings. The number of carbonyl (C=O) groups is 1. The van der Waals surface area contributed by atoms with Gasteiger partial charge in [-0.2, -0.15) is 4.98 Å². The zero-order chi connectivity index (χ0) is 16.8. The van der Waals surface area contributed by atoms with Crippen LogP contribution in [0.1, 0.15) is 15.9 Å². The summed E-state index contributed by atoms with van der Waals surface area (Å²) in [5, 5.41) is 6.19. The summed E-state index contributed by atoms with van der Waals surface area (Å²) in [6.45, 7) is 0.522. The lowest BCUT2D eigenvalue weighted by Gasteiger charge is -2.11. The van der Waals surface area contributed by atoms with E-state index in [4.69, 9.17) is 5.73 Å². The first-order valence-corrected chi connectivity index (χ1v) is 7.34. The number of nitrogens with two attached hydrogens (primary N) is 1. The van der Waals surface area contributed by atoms with Crippen LogP contribution in [0.2, 0.25) is 0 Å². The van der Waals surface area contributed by atoms with Crippen molar-refractivity contribution in [1.29, 1.82) is 0 Å². The summed E-state index contributed by atoms with van der Waals surface area (Å²) in [7, 11) is 0. The van der Waals surface area contributed by atoms with E-state index in [2.05, 4.69) is 25.6 Å². The summed E-state index contributed by atoms with van der Waals surface area (Å²) < 4.78 is 0. The summed E-state index contributed by atoms with van der Waals surface area (Å²) in [5.74, 6) is 0.159. The van der Waals surface area contributed by atoms with Gasteiger partial charge >= 0.3 is 0 Å². The van der Waals surface area contributed by atoms with E-state index >= 15 is 0 Å². The van der Waals surface area contributed by atoms with E-state index in [9.17, 15) is 4.79 Å². The molecule has 7 heteroatoms. The molecule has 24 heavy (non-hydrogen) atoms. The van der Waals surface area contributed by atoms with Gasteiger partial charge in [0.1, 0.15) is 11.4 Å². The predicted molar refractivity (Wildman–Crippen MR) is 91.8 cm³/mol. The molecule has 0 aliphatic heterocycles. The highest BCUT2D eigenvalue weighted by atomic mass is 16.1. The Morgan fingerprint density at radius 1 is 1.08 bits per heavy atom. The Morgan fingerprint density at radius 3 is 2.62 bits per heavy atom. The summed E-state index contributed by atoms with van der Waals surface area (Å²) in [6.07, 6.45) is 4.88. The third kappa shape index (κ3) is 3.83. The maximum atomic E-state index is 11.6. The quantitative estimate of drug-likeness (QED) is 0.643. The number of nitrogens with one attached hydrogen (secondary N) is 2. The first-order chi connectivity index (χ1) is 11.7. The van der Waals surface area contributed by atoms with E-state index in [0.29, 0.717) is 18.3 Å². The molecule has 0 atom stereocenters. The molecule has 7 nitrogen and oxygen atoms in total. The van der Waals surface area contributed by atoms with E-state index in [1.165, 1.54) is 6.20 Å². The molecule has 3 rings (SSSR count). The minimum Gasteiger partial charge on any atom is -0.365 e. The fourth-order valence-electron chi connectivity index (χ4n) is 2.08. The van der Waals surface area contributed by atoms with E-state index in [0.717, 1.165) is 11.3 Å². The zero-order valence-corrected chi connectivity index (χ0v) is 12.8. The Balaban J connectivity index is 1.81. The standard InChI is InChI=1S/C17H16N6O/c18-15(24)14-11-21-17(20-10-12-5-4-8-19-9-12)23-16(14)22-13-6-2-1-3-7-13/h1-9,11H,10H2,(H2,18,24)(H2,20,21,22,23). The lowest BCUT2D eigenvalue weighted by molar-refractivity contribution is 0.100. The molecule has 0 saturated carbocycles.